The van der Waals surface area contributed by atoms with E-state index in [9.17, 15) is 0 Å². The Morgan fingerprint density at radius 1 is 1.57 bits per heavy atom. The van der Waals surface area contributed by atoms with E-state index in [2.05, 4.69) is 24.1 Å². The van der Waals surface area contributed by atoms with Crippen LogP contribution >= 0.6 is 11.6 Å². The lowest BCUT2D eigenvalue weighted by molar-refractivity contribution is 0.539. The van der Waals surface area contributed by atoms with E-state index >= 15 is 0 Å². The van der Waals surface area contributed by atoms with Crippen LogP contribution in [0.15, 0.2) is 12.4 Å². The number of anilines is 1. The van der Waals surface area contributed by atoms with Gasteiger partial charge in [-0.1, -0.05) is 13.8 Å². The zero-order valence-corrected chi connectivity index (χ0v) is 9.75. The summed E-state index contributed by atoms with van der Waals surface area (Å²) in [5, 5.41) is 3.33. The van der Waals surface area contributed by atoms with Crippen LogP contribution in [0.5, 0.6) is 0 Å². The van der Waals surface area contributed by atoms with Crippen molar-refractivity contribution in [1.29, 1.82) is 0 Å². The number of hydrogen-bond donors (Lipinski definition) is 1. The van der Waals surface area contributed by atoms with Crippen LogP contribution in [-0.4, -0.2) is 21.5 Å². The highest BCUT2D eigenvalue weighted by Gasteiger charge is 2.11. The molecule has 3 nitrogen and oxygen atoms in total. The number of halogens is 1. The molecule has 1 N–H and O–H groups in total. The molecule has 0 radical (unpaired) electrons. The molecular weight excluding hydrogens is 198 g/mol. The Morgan fingerprint density at radius 3 is 2.71 bits per heavy atom. The molecule has 14 heavy (non-hydrogen) atoms. The molecule has 1 rings (SSSR count). The van der Waals surface area contributed by atoms with Gasteiger partial charge in [0.1, 0.15) is 0 Å². The summed E-state index contributed by atoms with van der Waals surface area (Å²) in [6.45, 7) is 4.39. The van der Waals surface area contributed by atoms with Gasteiger partial charge >= 0.3 is 0 Å². The van der Waals surface area contributed by atoms with Crippen LogP contribution in [0.2, 0.25) is 0 Å². The Hall–Kier alpha value is -0.700. The molecule has 0 saturated heterocycles. The summed E-state index contributed by atoms with van der Waals surface area (Å²) < 4.78 is 1.96. The normalized spacial score (nSPS) is 13.2. The van der Waals surface area contributed by atoms with E-state index in [1.54, 1.807) is 6.20 Å². The maximum absolute atomic E-state index is 5.88. The zero-order valence-electron chi connectivity index (χ0n) is 9.00. The molecule has 0 aliphatic carbocycles. The van der Waals surface area contributed by atoms with Crippen molar-refractivity contribution in [3.63, 3.8) is 0 Å². The van der Waals surface area contributed by atoms with Crippen LogP contribution in [0.25, 0.3) is 0 Å². The minimum atomic E-state index is 0.303. The highest BCUT2D eigenvalue weighted by atomic mass is 35.5. The van der Waals surface area contributed by atoms with Crippen LogP contribution in [-0.2, 0) is 7.05 Å². The molecule has 0 aliphatic heterocycles. The first-order chi connectivity index (χ1) is 6.63. The minimum absolute atomic E-state index is 0.303. The van der Waals surface area contributed by atoms with Crippen molar-refractivity contribution >= 4 is 17.5 Å². The van der Waals surface area contributed by atoms with E-state index in [0.29, 0.717) is 17.8 Å². The van der Waals surface area contributed by atoms with E-state index in [1.165, 1.54) is 0 Å². The fourth-order valence-electron chi connectivity index (χ4n) is 1.42. The Labute approximate surface area is 90.5 Å². The number of nitrogens with zero attached hydrogens (tertiary/aromatic N) is 2. The Kier molecular flexibility index (Phi) is 4.26. The van der Waals surface area contributed by atoms with Crippen LogP contribution in [0.1, 0.15) is 20.3 Å². The molecule has 0 amide bonds. The third-order valence-corrected chi connectivity index (χ3v) is 2.47. The second-order valence-electron chi connectivity index (χ2n) is 3.99. The summed E-state index contributed by atoms with van der Waals surface area (Å²) in [6.07, 6.45) is 4.77. The first-order valence-corrected chi connectivity index (χ1v) is 5.46. The number of hydrogen-bond acceptors (Lipinski definition) is 2. The minimum Gasteiger partial charge on any atom is -0.352 e. The van der Waals surface area contributed by atoms with Crippen LogP contribution in [0.3, 0.4) is 0 Å². The summed E-state index contributed by atoms with van der Waals surface area (Å²) in [5.41, 5.74) is 0. The predicted octanol–water partition coefficient (Wildman–Crippen LogP) is 2.49. The van der Waals surface area contributed by atoms with Gasteiger partial charge in [0.05, 0.1) is 0 Å². The quantitative estimate of drug-likeness (QED) is 0.765. The van der Waals surface area contributed by atoms with Gasteiger partial charge < -0.3 is 9.88 Å². The van der Waals surface area contributed by atoms with Crippen LogP contribution < -0.4 is 5.32 Å². The third-order valence-electron chi connectivity index (χ3n) is 2.10. The molecule has 0 aromatic carbocycles. The molecule has 0 fully saturated rings. The summed E-state index contributed by atoms with van der Waals surface area (Å²) in [6, 6.07) is 0.303. The van der Waals surface area contributed by atoms with Crippen molar-refractivity contribution in [3.05, 3.63) is 12.4 Å². The summed E-state index contributed by atoms with van der Waals surface area (Å²) in [5.74, 6) is 2.15. The van der Waals surface area contributed by atoms with Crippen molar-refractivity contribution in [3.8, 4) is 0 Å². The lowest BCUT2D eigenvalue weighted by Crippen LogP contribution is -2.24. The molecule has 0 aliphatic rings. The largest absolute Gasteiger partial charge is 0.352 e. The van der Waals surface area contributed by atoms with Crippen molar-refractivity contribution in [2.45, 2.75) is 26.3 Å². The van der Waals surface area contributed by atoms with Gasteiger partial charge in [0.15, 0.2) is 0 Å². The SMILES string of the molecule is CC(C)CC(CCl)Nc1nccn1C. The standard InChI is InChI=1S/C10H18ClN3/c1-8(2)6-9(7-11)13-10-12-4-5-14(10)3/h4-5,8-9H,6-7H2,1-3H3,(H,12,13). The number of rotatable bonds is 5. The number of aryl methyl sites for hydroxylation is 1. The molecule has 1 atom stereocenters. The lowest BCUT2D eigenvalue weighted by Gasteiger charge is -2.18. The van der Waals surface area contributed by atoms with Crippen molar-refractivity contribution in [2.24, 2.45) is 13.0 Å². The van der Waals surface area contributed by atoms with Gasteiger partial charge in [0.25, 0.3) is 0 Å². The molecule has 1 aromatic rings. The molecular formula is C10H18ClN3. The van der Waals surface area contributed by atoms with Gasteiger partial charge in [-0.25, -0.2) is 4.98 Å². The van der Waals surface area contributed by atoms with E-state index in [4.69, 9.17) is 11.6 Å². The second kappa shape index (κ2) is 5.25. The van der Waals surface area contributed by atoms with Crippen LogP contribution in [0, 0.1) is 5.92 Å². The second-order valence-corrected chi connectivity index (χ2v) is 4.30. The Morgan fingerprint density at radius 2 is 2.29 bits per heavy atom. The summed E-state index contributed by atoms with van der Waals surface area (Å²) in [7, 11) is 1.97. The van der Waals surface area contributed by atoms with Gasteiger partial charge in [-0.2, -0.15) is 0 Å². The van der Waals surface area contributed by atoms with Crippen molar-refractivity contribution in [2.75, 3.05) is 11.2 Å². The molecule has 0 saturated carbocycles. The number of nitrogens with one attached hydrogen (secondary N) is 1. The monoisotopic (exact) mass is 215 g/mol. The van der Waals surface area contributed by atoms with Gasteiger partial charge in [0, 0.05) is 31.4 Å². The lowest BCUT2D eigenvalue weighted by atomic mass is 10.1. The predicted molar refractivity (Wildman–Crippen MR) is 60.8 cm³/mol. The zero-order chi connectivity index (χ0) is 10.6. The van der Waals surface area contributed by atoms with Crippen LogP contribution in [0.4, 0.5) is 5.95 Å². The maximum atomic E-state index is 5.88. The first-order valence-electron chi connectivity index (χ1n) is 4.93. The van der Waals surface area contributed by atoms with E-state index < -0.39 is 0 Å². The fraction of sp³-hybridized carbons (Fsp3) is 0.700. The van der Waals surface area contributed by atoms with E-state index in [-0.39, 0.29) is 0 Å². The van der Waals surface area contributed by atoms with Gasteiger partial charge in [-0.05, 0) is 12.3 Å². The van der Waals surface area contributed by atoms with Gasteiger partial charge in [-0.3, -0.25) is 0 Å². The Bertz CT molecular complexity index is 270. The number of alkyl halides is 1. The van der Waals surface area contributed by atoms with E-state index in [1.807, 2.05) is 17.8 Å². The first kappa shape index (κ1) is 11.4. The Balaban J connectivity index is 2.52. The van der Waals surface area contributed by atoms with Gasteiger partial charge in [-0.15, -0.1) is 11.6 Å². The maximum Gasteiger partial charge on any atom is 0.202 e. The molecule has 1 unspecified atom stereocenters. The molecule has 80 valence electrons. The molecule has 4 heteroatoms. The fourth-order valence-corrected chi connectivity index (χ4v) is 1.62. The smallest absolute Gasteiger partial charge is 0.202 e. The van der Waals surface area contributed by atoms with E-state index in [0.717, 1.165) is 12.4 Å². The molecule has 1 heterocycles. The highest BCUT2D eigenvalue weighted by molar-refractivity contribution is 6.18. The molecule has 0 bridgehead atoms. The molecule has 1 aromatic heterocycles. The summed E-state index contributed by atoms with van der Waals surface area (Å²) in [4.78, 5) is 4.20. The summed E-state index contributed by atoms with van der Waals surface area (Å²) >= 11 is 5.88. The number of aromatic nitrogens is 2. The molecule has 0 spiro atoms. The topological polar surface area (TPSA) is 29.9 Å². The van der Waals surface area contributed by atoms with Crippen molar-refractivity contribution in [1.82, 2.24) is 9.55 Å². The van der Waals surface area contributed by atoms with Gasteiger partial charge in [0.2, 0.25) is 5.95 Å². The average Bonchev–Trinajstić information content (AvgIpc) is 2.50. The highest BCUT2D eigenvalue weighted by Crippen LogP contribution is 2.11. The average molecular weight is 216 g/mol. The van der Waals surface area contributed by atoms with Crippen molar-refractivity contribution < 1.29 is 0 Å². The third kappa shape index (κ3) is 3.22. The number of imidazole rings is 1.